The fraction of sp³-hybridized carbons (Fsp3) is 0.714. The summed E-state index contributed by atoms with van der Waals surface area (Å²) in [4.78, 5) is 6.47. The molecule has 1 N–H and O–H groups in total. The van der Waals surface area contributed by atoms with Crippen LogP contribution in [0.4, 0.5) is 0 Å². The molecule has 0 amide bonds. The summed E-state index contributed by atoms with van der Waals surface area (Å²) in [5, 5.41) is 7.37. The van der Waals surface area contributed by atoms with Gasteiger partial charge in [-0.3, -0.25) is 0 Å². The van der Waals surface area contributed by atoms with Gasteiger partial charge in [-0.2, -0.15) is 0 Å². The molecule has 108 valence electrons. The molecule has 1 aromatic rings. The van der Waals surface area contributed by atoms with Crippen LogP contribution in [0.2, 0.25) is 0 Å². The van der Waals surface area contributed by atoms with Crippen molar-refractivity contribution >= 4 is 5.96 Å². The third kappa shape index (κ3) is 4.58. The number of nitrogens with one attached hydrogen (secondary N) is 1. The van der Waals surface area contributed by atoms with Crippen molar-refractivity contribution in [3.63, 3.8) is 0 Å². The molecule has 0 saturated heterocycles. The maximum atomic E-state index is 5.35. The molecule has 1 heterocycles. The maximum absolute atomic E-state index is 5.35. The largest absolute Gasteiger partial charge is 0.359 e. The third-order valence-electron chi connectivity index (χ3n) is 3.12. The number of aliphatic imine (C=N–C) groups is 1. The zero-order valence-electron chi connectivity index (χ0n) is 12.7. The van der Waals surface area contributed by atoms with E-state index in [9.17, 15) is 0 Å². The smallest absolute Gasteiger partial charge is 0.193 e. The number of nitrogens with zero attached hydrogens (tertiary/aromatic N) is 3. The van der Waals surface area contributed by atoms with E-state index in [-0.39, 0.29) is 0 Å². The van der Waals surface area contributed by atoms with Crippen LogP contribution in [0, 0.1) is 0 Å². The molecule has 0 aliphatic rings. The lowest BCUT2D eigenvalue weighted by atomic mass is 9.99. The second-order valence-electron chi connectivity index (χ2n) is 4.80. The molecular weight excluding hydrogens is 240 g/mol. The lowest BCUT2D eigenvalue weighted by Gasteiger charge is -2.15. The highest BCUT2D eigenvalue weighted by Gasteiger charge is 2.12. The first-order valence-corrected chi connectivity index (χ1v) is 7.03. The monoisotopic (exact) mass is 266 g/mol. The summed E-state index contributed by atoms with van der Waals surface area (Å²) in [6.07, 6.45) is 2.18. The van der Waals surface area contributed by atoms with Gasteiger partial charge in [-0.1, -0.05) is 19.0 Å². The Morgan fingerprint density at radius 1 is 1.37 bits per heavy atom. The van der Waals surface area contributed by atoms with Gasteiger partial charge < -0.3 is 14.7 Å². The molecule has 19 heavy (non-hydrogen) atoms. The van der Waals surface area contributed by atoms with E-state index in [0.717, 1.165) is 36.8 Å². The van der Waals surface area contributed by atoms with Gasteiger partial charge in [-0.15, -0.1) is 0 Å². The summed E-state index contributed by atoms with van der Waals surface area (Å²) < 4.78 is 5.35. The quantitative estimate of drug-likeness (QED) is 0.635. The van der Waals surface area contributed by atoms with E-state index in [0.29, 0.717) is 12.5 Å². The molecule has 0 atom stereocenters. The molecule has 0 spiro atoms. The standard InChI is InChI=1S/C14H26N4O/c1-6-11(7-2)13-9-12(19-17-13)10-16-14(15-8-3)18(4)5/h9,11H,6-8,10H2,1-5H3,(H,15,16). The Kier molecular flexibility index (Phi) is 6.39. The first kappa shape index (κ1) is 15.5. The second-order valence-corrected chi connectivity index (χ2v) is 4.80. The molecule has 5 heteroatoms. The van der Waals surface area contributed by atoms with E-state index in [1.54, 1.807) is 0 Å². The fourth-order valence-corrected chi connectivity index (χ4v) is 1.97. The topological polar surface area (TPSA) is 53.7 Å². The van der Waals surface area contributed by atoms with Crippen molar-refractivity contribution in [1.82, 2.24) is 15.4 Å². The highest BCUT2D eigenvalue weighted by atomic mass is 16.5. The lowest BCUT2D eigenvalue weighted by Crippen LogP contribution is -2.36. The van der Waals surface area contributed by atoms with Crippen LogP contribution in [0.25, 0.3) is 0 Å². The minimum absolute atomic E-state index is 0.489. The molecule has 0 fully saturated rings. The predicted molar refractivity (Wildman–Crippen MR) is 78.3 cm³/mol. The zero-order valence-corrected chi connectivity index (χ0v) is 12.7. The number of guanidine groups is 1. The number of aromatic nitrogens is 1. The number of hydrogen-bond acceptors (Lipinski definition) is 3. The van der Waals surface area contributed by atoms with Crippen molar-refractivity contribution in [1.29, 1.82) is 0 Å². The van der Waals surface area contributed by atoms with Crippen LogP contribution < -0.4 is 5.32 Å². The van der Waals surface area contributed by atoms with Crippen LogP contribution in [-0.4, -0.2) is 36.7 Å². The lowest BCUT2D eigenvalue weighted by molar-refractivity contribution is 0.371. The van der Waals surface area contributed by atoms with Gasteiger partial charge in [0.2, 0.25) is 0 Å². The third-order valence-corrected chi connectivity index (χ3v) is 3.12. The fourth-order valence-electron chi connectivity index (χ4n) is 1.97. The van der Waals surface area contributed by atoms with Crippen LogP contribution in [-0.2, 0) is 6.54 Å². The average molecular weight is 266 g/mol. The van der Waals surface area contributed by atoms with Gasteiger partial charge in [0.15, 0.2) is 11.7 Å². The van der Waals surface area contributed by atoms with Crippen molar-refractivity contribution in [2.24, 2.45) is 4.99 Å². The van der Waals surface area contributed by atoms with Gasteiger partial charge in [0.25, 0.3) is 0 Å². The Morgan fingerprint density at radius 2 is 2.05 bits per heavy atom. The minimum Gasteiger partial charge on any atom is -0.359 e. The first-order chi connectivity index (χ1) is 9.12. The minimum atomic E-state index is 0.489. The summed E-state index contributed by atoms with van der Waals surface area (Å²) in [5.74, 6) is 2.17. The predicted octanol–water partition coefficient (Wildman–Crippen LogP) is 2.61. The highest BCUT2D eigenvalue weighted by Crippen LogP contribution is 2.22. The summed E-state index contributed by atoms with van der Waals surface area (Å²) in [6, 6.07) is 2.03. The zero-order chi connectivity index (χ0) is 14.3. The number of rotatable bonds is 6. The molecule has 0 radical (unpaired) electrons. The first-order valence-electron chi connectivity index (χ1n) is 7.03. The Bertz CT molecular complexity index is 394. The Hall–Kier alpha value is -1.52. The van der Waals surface area contributed by atoms with Gasteiger partial charge in [-0.05, 0) is 19.8 Å². The van der Waals surface area contributed by atoms with E-state index in [1.165, 1.54) is 0 Å². The van der Waals surface area contributed by atoms with Crippen molar-refractivity contribution < 1.29 is 4.52 Å². The Morgan fingerprint density at radius 3 is 2.58 bits per heavy atom. The van der Waals surface area contributed by atoms with Crippen molar-refractivity contribution in [2.75, 3.05) is 20.6 Å². The molecule has 0 aliphatic carbocycles. The van der Waals surface area contributed by atoms with Crippen LogP contribution in [0.5, 0.6) is 0 Å². The van der Waals surface area contributed by atoms with E-state index < -0.39 is 0 Å². The maximum Gasteiger partial charge on any atom is 0.193 e. The summed E-state index contributed by atoms with van der Waals surface area (Å²) in [7, 11) is 3.94. The van der Waals surface area contributed by atoms with Crippen LogP contribution in [0.3, 0.4) is 0 Å². The average Bonchev–Trinajstić information content (AvgIpc) is 2.84. The molecule has 0 bridgehead atoms. The molecule has 1 rings (SSSR count). The SMILES string of the molecule is CCNC(=NCc1cc(C(CC)CC)no1)N(C)C. The van der Waals surface area contributed by atoms with Crippen LogP contribution in [0.1, 0.15) is 51.0 Å². The molecule has 0 aliphatic heterocycles. The second kappa shape index (κ2) is 7.81. The molecule has 0 unspecified atom stereocenters. The van der Waals surface area contributed by atoms with Crippen molar-refractivity contribution in [3.8, 4) is 0 Å². The molecule has 1 aromatic heterocycles. The van der Waals surface area contributed by atoms with Gasteiger partial charge in [0.05, 0.1) is 5.69 Å². The van der Waals surface area contributed by atoms with E-state index in [4.69, 9.17) is 4.52 Å². The van der Waals surface area contributed by atoms with Crippen molar-refractivity contribution in [3.05, 3.63) is 17.5 Å². The molecule has 5 nitrogen and oxygen atoms in total. The summed E-state index contributed by atoms with van der Waals surface area (Å²) >= 11 is 0. The number of hydrogen-bond donors (Lipinski definition) is 1. The van der Waals surface area contributed by atoms with Gasteiger partial charge >= 0.3 is 0 Å². The van der Waals surface area contributed by atoms with Crippen LogP contribution in [0.15, 0.2) is 15.6 Å². The van der Waals surface area contributed by atoms with Gasteiger partial charge in [0, 0.05) is 32.6 Å². The van der Waals surface area contributed by atoms with E-state index >= 15 is 0 Å². The summed E-state index contributed by atoms with van der Waals surface area (Å²) in [6.45, 7) is 7.78. The molecular formula is C14H26N4O. The highest BCUT2D eigenvalue weighted by molar-refractivity contribution is 5.79. The molecule has 0 saturated carbocycles. The Labute approximate surface area is 116 Å². The Balaban J connectivity index is 2.69. The van der Waals surface area contributed by atoms with Gasteiger partial charge in [0.1, 0.15) is 6.54 Å². The van der Waals surface area contributed by atoms with Crippen molar-refractivity contribution in [2.45, 2.75) is 46.1 Å². The normalized spacial score (nSPS) is 12.0. The van der Waals surface area contributed by atoms with E-state index in [1.807, 2.05) is 25.1 Å². The molecule has 0 aromatic carbocycles. The van der Waals surface area contributed by atoms with E-state index in [2.05, 4.69) is 36.2 Å². The van der Waals surface area contributed by atoms with Gasteiger partial charge in [-0.25, -0.2) is 4.99 Å². The van der Waals surface area contributed by atoms with Crippen LogP contribution >= 0.6 is 0 Å². The summed E-state index contributed by atoms with van der Waals surface area (Å²) in [5.41, 5.74) is 1.05.